The molecule has 4 rings (SSSR count). The molecule has 0 aliphatic carbocycles. The maximum atomic E-state index is 12.7. The number of benzene rings is 2. The molecule has 2 heterocycles. The van der Waals surface area contributed by atoms with Crippen LogP contribution in [0.5, 0.6) is 0 Å². The van der Waals surface area contributed by atoms with Gasteiger partial charge in [0.25, 0.3) is 11.1 Å². The Morgan fingerprint density at radius 1 is 1.03 bits per heavy atom. The molecule has 1 aromatic heterocycles. The van der Waals surface area contributed by atoms with E-state index in [-0.39, 0.29) is 17.7 Å². The Balaban J connectivity index is 1.57. The van der Waals surface area contributed by atoms with E-state index in [0.29, 0.717) is 32.0 Å². The van der Waals surface area contributed by atoms with Crippen molar-refractivity contribution in [1.82, 2.24) is 4.90 Å². The predicted octanol–water partition coefficient (Wildman–Crippen LogP) is 7.25. The molecule has 0 N–H and O–H groups in total. The number of imide groups is 1. The van der Waals surface area contributed by atoms with Crippen LogP contribution in [0.25, 0.3) is 17.4 Å². The summed E-state index contributed by atoms with van der Waals surface area (Å²) < 4.78 is 6.65. The Hall–Kier alpha value is -1.99. The third-order valence-electron chi connectivity index (χ3n) is 4.28. The summed E-state index contributed by atoms with van der Waals surface area (Å²) in [4.78, 5) is 26.6. The van der Waals surface area contributed by atoms with Crippen molar-refractivity contribution < 1.29 is 14.0 Å². The summed E-state index contributed by atoms with van der Waals surface area (Å²) >= 11 is 16.6. The summed E-state index contributed by atoms with van der Waals surface area (Å²) in [6.45, 7) is 0.199. The van der Waals surface area contributed by atoms with Crippen molar-refractivity contribution in [3.63, 3.8) is 0 Å². The lowest BCUT2D eigenvalue weighted by molar-refractivity contribution is -0.123. The number of halogens is 3. The molecule has 0 atom stereocenters. The van der Waals surface area contributed by atoms with Gasteiger partial charge in [-0.25, -0.2) is 0 Å². The van der Waals surface area contributed by atoms with Crippen molar-refractivity contribution in [3.05, 3.63) is 85.3 Å². The number of rotatable bonds is 4. The van der Waals surface area contributed by atoms with Gasteiger partial charge in [0, 0.05) is 16.1 Å². The quantitative estimate of drug-likeness (QED) is 0.348. The van der Waals surface area contributed by atoms with Gasteiger partial charge in [0.15, 0.2) is 0 Å². The Morgan fingerprint density at radius 2 is 1.83 bits per heavy atom. The summed E-state index contributed by atoms with van der Waals surface area (Å²) in [6.07, 6.45) is 1.56. The van der Waals surface area contributed by atoms with E-state index >= 15 is 0 Å². The molecule has 1 saturated heterocycles. The first kappa shape index (κ1) is 20.3. The van der Waals surface area contributed by atoms with Crippen LogP contribution < -0.4 is 0 Å². The molecule has 29 heavy (non-hydrogen) atoms. The van der Waals surface area contributed by atoms with Crippen LogP contribution in [0.4, 0.5) is 4.79 Å². The predicted molar refractivity (Wildman–Crippen MR) is 120 cm³/mol. The largest absolute Gasteiger partial charge is 0.457 e. The van der Waals surface area contributed by atoms with Gasteiger partial charge in [-0.05, 0) is 47.7 Å². The summed E-state index contributed by atoms with van der Waals surface area (Å²) in [5.41, 5.74) is 1.51. The lowest BCUT2D eigenvalue weighted by Gasteiger charge is -2.13. The molecule has 2 aromatic carbocycles. The van der Waals surface area contributed by atoms with Crippen LogP contribution in [0, 0.1) is 0 Å². The smallest absolute Gasteiger partial charge is 0.293 e. The topological polar surface area (TPSA) is 50.5 Å². The van der Waals surface area contributed by atoms with Crippen LogP contribution in [0.2, 0.25) is 10.0 Å². The van der Waals surface area contributed by atoms with Gasteiger partial charge < -0.3 is 4.42 Å². The third-order valence-corrected chi connectivity index (χ3v) is 6.78. The van der Waals surface area contributed by atoms with E-state index in [2.05, 4.69) is 15.9 Å². The van der Waals surface area contributed by atoms with E-state index in [1.54, 1.807) is 36.4 Å². The lowest BCUT2D eigenvalue weighted by Crippen LogP contribution is -2.27. The highest BCUT2D eigenvalue weighted by atomic mass is 79.9. The van der Waals surface area contributed by atoms with Gasteiger partial charge in [-0.15, -0.1) is 0 Å². The van der Waals surface area contributed by atoms with Gasteiger partial charge in [0.05, 0.1) is 21.5 Å². The van der Waals surface area contributed by atoms with Gasteiger partial charge in [0.1, 0.15) is 11.5 Å². The Bertz CT molecular complexity index is 1160. The first-order chi connectivity index (χ1) is 13.9. The zero-order valence-corrected chi connectivity index (χ0v) is 18.6. The third kappa shape index (κ3) is 4.16. The van der Waals surface area contributed by atoms with Crippen LogP contribution >= 0.6 is 50.9 Å². The van der Waals surface area contributed by atoms with E-state index in [9.17, 15) is 9.59 Å². The van der Waals surface area contributed by atoms with Gasteiger partial charge in [0.2, 0.25) is 0 Å². The van der Waals surface area contributed by atoms with Crippen LogP contribution in [0.15, 0.2) is 68.4 Å². The van der Waals surface area contributed by atoms with E-state index in [4.69, 9.17) is 27.6 Å². The highest BCUT2D eigenvalue weighted by Crippen LogP contribution is 2.37. The fourth-order valence-corrected chi connectivity index (χ4v) is 4.45. The zero-order chi connectivity index (χ0) is 20.5. The maximum Gasteiger partial charge on any atom is 0.293 e. The minimum absolute atomic E-state index is 0.199. The monoisotopic (exact) mass is 507 g/mol. The number of hydrogen-bond acceptors (Lipinski definition) is 4. The highest BCUT2D eigenvalue weighted by Gasteiger charge is 2.35. The van der Waals surface area contributed by atoms with Gasteiger partial charge in [-0.3, -0.25) is 14.5 Å². The first-order valence-corrected chi connectivity index (χ1v) is 10.8. The number of nitrogens with zero attached hydrogens (tertiary/aromatic N) is 1. The van der Waals surface area contributed by atoms with Crippen molar-refractivity contribution in [1.29, 1.82) is 0 Å². The lowest BCUT2D eigenvalue weighted by atomic mass is 10.2. The maximum absolute atomic E-state index is 12.7. The van der Waals surface area contributed by atoms with Crippen LogP contribution in [0.1, 0.15) is 11.3 Å². The standard InChI is InChI=1S/C21H12BrCl2NO3S/c22-15-6-2-1-4-12(15)11-25-20(26)18(29-21(25)27)10-13-8-9-17(28-13)14-5-3-7-16(23)19(14)24/h1-10H,11H2/b18-10+. The molecule has 0 bridgehead atoms. The SMILES string of the molecule is O=C1S/C(=C/c2ccc(-c3cccc(Cl)c3Cl)o2)C(=O)N1Cc1ccccc1Br. The second-order valence-electron chi connectivity index (χ2n) is 6.16. The summed E-state index contributed by atoms with van der Waals surface area (Å²) in [6, 6.07) is 16.2. The number of furan rings is 1. The summed E-state index contributed by atoms with van der Waals surface area (Å²) in [5.74, 6) is 0.619. The molecule has 0 spiro atoms. The van der Waals surface area contributed by atoms with E-state index in [1.165, 1.54) is 4.90 Å². The van der Waals surface area contributed by atoms with E-state index in [1.807, 2.05) is 24.3 Å². The van der Waals surface area contributed by atoms with Crippen LogP contribution in [0.3, 0.4) is 0 Å². The Morgan fingerprint density at radius 3 is 2.62 bits per heavy atom. The number of amides is 2. The van der Waals surface area contributed by atoms with E-state index < -0.39 is 0 Å². The molecule has 2 amide bonds. The number of thioether (sulfide) groups is 1. The molecule has 1 aliphatic rings. The van der Waals surface area contributed by atoms with Gasteiger partial charge >= 0.3 is 0 Å². The zero-order valence-electron chi connectivity index (χ0n) is 14.7. The summed E-state index contributed by atoms with van der Waals surface area (Å²) in [5, 5.41) is 0.501. The Kier molecular flexibility index (Phi) is 5.88. The van der Waals surface area contributed by atoms with Crippen molar-refractivity contribution in [2.24, 2.45) is 0 Å². The van der Waals surface area contributed by atoms with Crippen molar-refractivity contribution in [2.75, 3.05) is 0 Å². The average molecular weight is 509 g/mol. The molecule has 146 valence electrons. The number of carbonyl (C=O) groups is 2. The Labute approximate surface area is 189 Å². The molecule has 0 saturated carbocycles. The minimum Gasteiger partial charge on any atom is -0.457 e. The minimum atomic E-state index is -0.352. The van der Waals surface area contributed by atoms with Crippen molar-refractivity contribution in [2.45, 2.75) is 6.54 Å². The normalized spacial score (nSPS) is 15.6. The molecule has 1 aliphatic heterocycles. The second-order valence-corrected chi connectivity index (χ2v) is 8.80. The molecule has 4 nitrogen and oxygen atoms in total. The van der Waals surface area contributed by atoms with Gasteiger partial charge in [-0.1, -0.05) is 63.4 Å². The molecular weight excluding hydrogens is 497 g/mol. The number of hydrogen-bond donors (Lipinski definition) is 0. The highest BCUT2D eigenvalue weighted by molar-refractivity contribution is 9.10. The molecule has 0 unspecified atom stereocenters. The first-order valence-electron chi connectivity index (χ1n) is 8.47. The molecule has 3 aromatic rings. The van der Waals surface area contributed by atoms with Gasteiger partial charge in [-0.2, -0.15) is 0 Å². The molecule has 8 heteroatoms. The molecular formula is C21H12BrCl2NO3S. The molecule has 1 fully saturated rings. The van der Waals surface area contributed by atoms with Crippen LogP contribution in [-0.4, -0.2) is 16.0 Å². The molecule has 0 radical (unpaired) electrons. The van der Waals surface area contributed by atoms with Crippen molar-refractivity contribution >= 4 is 68.1 Å². The summed E-state index contributed by atoms with van der Waals surface area (Å²) in [7, 11) is 0. The fourth-order valence-electron chi connectivity index (χ4n) is 2.83. The van der Waals surface area contributed by atoms with Crippen LogP contribution in [-0.2, 0) is 11.3 Å². The van der Waals surface area contributed by atoms with Crippen molar-refractivity contribution in [3.8, 4) is 11.3 Å². The number of carbonyl (C=O) groups excluding carboxylic acids is 2. The average Bonchev–Trinajstić information content (AvgIpc) is 3.26. The van der Waals surface area contributed by atoms with E-state index in [0.717, 1.165) is 21.8 Å². The second kappa shape index (κ2) is 8.40. The fraction of sp³-hybridized carbons (Fsp3) is 0.0476.